The summed E-state index contributed by atoms with van der Waals surface area (Å²) in [5.74, 6) is -0.00403. The molecule has 10 nitrogen and oxygen atoms in total. The summed E-state index contributed by atoms with van der Waals surface area (Å²) in [6, 6.07) is 6.09. The van der Waals surface area contributed by atoms with Gasteiger partial charge in [-0.25, -0.2) is 4.39 Å². The second-order valence-corrected chi connectivity index (χ2v) is 12.3. The smallest absolute Gasteiger partial charge is 0.319 e. The number of fused-ring (bicyclic) bond motifs is 6. The number of phenolic OH excluding ortho intramolecular Hbond substituents is 1. The van der Waals surface area contributed by atoms with Gasteiger partial charge >= 0.3 is 6.01 Å². The molecule has 4 aromatic rings. The topological polar surface area (TPSA) is 109 Å². The lowest BCUT2D eigenvalue weighted by Gasteiger charge is -2.46. The number of hydrogen-bond acceptors (Lipinski definition) is 9. The quantitative estimate of drug-likeness (QED) is 0.349. The molecule has 2 aromatic heterocycles. The van der Waals surface area contributed by atoms with Crippen LogP contribution >= 0.6 is 0 Å². The van der Waals surface area contributed by atoms with E-state index in [0.717, 1.165) is 50.0 Å². The van der Waals surface area contributed by atoms with Crippen LogP contribution in [0.15, 0.2) is 35.3 Å². The minimum absolute atomic E-state index is 0.0216. The third-order valence-electron chi connectivity index (χ3n) is 9.91. The maximum atomic E-state index is 15.0. The molecule has 0 aliphatic carbocycles. The van der Waals surface area contributed by atoms with Crippen LogP contribution in [-0.2, 0) is 6.42 Å². The van der Waals surface area contributed by atoms with Crippen LogP contribution in [0.4, 0.5) is 10.2 Å². The van der Waals surface area contributed by atoms with E-state index in [1.807, 2.05) is 6.92 Å². The van der Waals surface area contributed by atoms with Crippen LogP contribution in [0.1, 0.15) is 53.8 Å². The SMILES string of the molecule is [2H]C([2H])(Oc1nc(N2CC3CCC2CN3)c2cnn(-c3cc(O)cc4ccc(F)c(CC)c34)c(=O)c2n1)C12CCCN1CCC2. The molecule has 2 aromatic carbocycles. The molecule has 224 valence electrons. The molecule has 5 saturated heterocycles. The number of aryl methyl sites for hydroxylation is 1. The highest BCUT2D eigenvalue weighted by Crippen LogP contribution is 2.40. The Morgan fingerprint density at radius 1 is 1.21 bits per heavy atom. The maximum absolute atomic E-state index is 15.0. The number of ether oxygens (including phenoxy) is 1. The zero-order valence-electron chi connectivity index (χ0n) is 26.1. The molecular weight excluding hydrogens is 549 g/mol. The van der Waals surface area contributed by atoms with Crippen molar-refractivity contribution in [1.82, 2.24) is 30.0 Å². The number of rotatable bonds is 6. The largest absolute Gasteiger partial charge is 0.508 e. The zero-order chi connectivity index (χ0) is 31.1. The van der Waals surface area contributed by atoms with Gasteiger partial charge in [0.25, 0.3) is 5.56 Å². The Hall–Kier alpha value is -3.83. The number of anilines is 1. The first-order valence-corrected chi connectivity index (χ1v) is 15.4. The van der Waals surface area contributed by atoms with Gasteiger partial charge in [-0.3, -0.25) is 9.69 Å². The first-order chi connectivity index (χ1) is 21.7. The lowest BCUT2D eigenvalue weighted by molar-refractivity contribution is 0.108. The minimum Gasteiger partial charge on any atom is -0.508 e. The van der Waals surface area contributed by atoms with E-state index in [9.17, 15) is 14.3 Å². The molecule has 0 amide bonds. The molecule has 2 unspecified atom stereocenters. The molecule has 9 rings (SSSR count). The highest BCUT2D eigenvalue weighted by molar-refractivity contribution is 5.95. The number of hydrogen-bond donors (Lipinski definition) is 2. The lowest BCUT2D eigenvalue weighted by Crippen LogP contribution is -2.61. The summed E-state index contributed by atoms with van der Waals surface area (Å²) in [4.78, 5) is 28.1. The maximum Gasteiger partial charge on any atom is 0.319 e. The van der Waals surface area contributed by atoms with Crippen LogP contribution < -0.4 is 20.5 Å². The van der Waals surface area contributed by atoms with Crippen LogP contribution in [0.2, 0.25) is 0 Å². The Morgan fingerprint density at radius 3 is 2.77 bits per heavy atom. The number of phenols is 1. The summed E-state index contributed by atoms with van der Waals surface area (Å²) < 4.78 is 40.5. The first-order valence-electron chi connectivity index (χ1n) is 16.4. The standard InChI is InChI=1S/C32H36FN7O3/c1-2-23-25(33)8-5-19-13-22(41)14-26(27(19)23)40-30(42)28-24(16-35-40)29(39-17-20-6-7-21(39)15-34-20)37-31(36-28)43-18-32-9-3-11-38(32)12-4-10-32/h5,8,13-14,16,20-21,34,41H,2-4,6-7,9-12,15,17-18H2,1H3/i18D2. The molecule has 5 fully saturated rings. The summed E-state index contributed by atoms with van der Waals surface area (Å²) in [5.41, 5.74) is -0.696. The average molecular weight is 588 g/mol. The summed E-state index contributed by atoms with van der Waals surface area (Å²) >= 11 is 0. The first kappa shape index (κ1) is 24.6. The summed E-state index contributed by atoms with van der Waals surface area (Å²) in [7, 11) is 0. The third-order valence-corrected chi connectivity index (χ3v) is 9.91. The highest BCUT2D eigenvalue weighted by Gasteiger charge is 2.45. The predicted molar refractivity (Wildman–Crippen MR) is 162 cm³/mol. The number of nitrogens with zero attached hydrogens (tertiary/aromatic N) is 6. The molecular formula is C32H36FN7O3. The van der Waals surface area contributed by atoms with E-state index < -0.39 is 23.5 Å². The zero-order valence-corrected chi connectivity index (χ0v) is 24.1. The van der Waals surface area contributed by atoms with Gasteiger partial charge in [-0.15, -0.1) is 0 Å². The van der Waals surface area contributed by atoms with E-state index in [-0.39, 0.29) is 35.0 Å². The molecule has 2 atom stereocenters. The number of aromatic hydroxyl groups is 1. The number of benzene rings is 2. The number of halogens is 1. The van der Waals surface area contributed by atoms with Crippen molar-refractivity contribution < 1.29 is 17.0 Å². The van der Waals surface area contributed by atoms with E-state index in [1.54, 1.807) is 6.07 Å². The Labute approximate surface area is 251 Å². The van der Waals surface area contributed by atoms with Crippen LogP contribution in [0.3, 0.4) is 0 Å². The third kappa shape index (κ3) is 4.27. The molecule has 2 bridgehead atoms. The van der Waals surface area contributed by atoms with Gasteiger partial charge in [0.2, 0.25) is 0 Å². The molecule has 0 saturated carbocycles. The van der Waals surface area contributed by atoms with Gasteiger partial charge in [-0.1, -0.05) is 13.0 Å². The van der Waals surface area contributed by atoms with Crippen molar-refractivity contribution in [1.29, 1.82) is 0 Å². The Morgan fingerprint density at radius 2 is 2.05 bits per heavy atom. The fraction of sp³-hybridized carbons (Fsp3) is 0.500. The average Bonchev–Trinajstić information content (AvgIpc) is 3.65. The number of piperidine rings is 2. The molecule has 43 heavy (non-hydrogen) atoms. The van der Waals surface area contributed by atoms with E-state index >= 15 is 0 Å². The van der Waals surface area contributed by atoms with Crippen LogP contribution in [0, 0.1) is 5.82 Å². The van der Waals surface area contributed by atoms with Crippen molar-refractivity contribution in [2.45, 2.75) is 69.5 Å². The second-order valence-electron chi connectivity index (χ2n) is 12.3. The van der Waals surface area contributed by atoms with Gasteiger partial charge in [0.05, 0.1) is 25.6 Å². The molecule has 0 spiro atoms. The van der Waals surface area contributed by atoms with Crippen LogP contribution in [0.5, 0.6) is 11.8 Å². The Balaban J connectivity index is 1.32. The summed E-state index contributed by atoms with van der Waals surface area (Å²) in [6.07, 6.45) is 7.06. The fourth-order valence-corrected chi connectivity index (χ4v) is 7.79. The van der Waals surface area contributed by atoms with Crippen molar-refractivity contribution in [3.05, 3.63) is 52.2 Å². The van der Waals surface area contributed by atoms with Gasteiger partial charge in [-0.2, -0.15) is 19.7 Å². The Bertz CT molecular complexity index is 1880. The number of piperazine rings is 1. The number of aromatic nitrogens is 4. The summed E-state index contributed by atoms with van der Waals surface area (Å²) in [5, 5.41) is 20.2. The van der Waals surface area contributed by atoms with E-state index in [1.165, 1.54) is 24.4 Å². The monoisotopic (exact) mass is 587 g/mol. The van der Waals surface area contributed by atoms with Gasteiger partial charge in [-0.05, 0) is 81.1 Å². The molecule has 0 radical (unpaired) electrons. The van der Waals surface area contributed by atoms with Crippen LogP contribution in [-0.4, -0.2) is 80.1 Å². The highest BCUT2D eigenvalue weighted by atomic mass is 19.1. The van der Waals surface area contributed by atoms with Gasteiger partial charge in [0.15, 0.2) is 0 Å². The van der Waals surface area contributed by atoms with Gasteiger partial charge in [0, 0.05) is 36.6 Å². The predicted octanol–water partition coefficient (Wildman–Crippen LogP) is 3.68. The van der Waals surface area contributed by atoms with Crippen LogP contribution in [0.25, 0.3) is 27.4 Å². The molecule has 7 heterocycles. The van der Waals surface area contributed by atoms with Gasteiger partial charge in [0.1, 0.15) is 29.5 Å². The molecule has 11 heteroatoms. The lowest BCUT2D eigenvalue weighted by atomic mass is 9.93. The second kappa shape index (κ2) is 10.1. The fourth-order valence-electron chi connectivity index (χ4n) is 7.79. The van der Waals surface area contributed by atoms with Crippen molar-refractivity contribution in [3.8, 4) is 17.4 Å². The van der Waals surface area contributed by atoms with Crippen molar-refractivity contribution in [2.24, 2.45) is 0 Å². The van der Waals surface area contributed by atoms with Crippen molar-refractivity contribution >= 4 is 27.5 Å². The normalized spacial score (nSPS) is 24.0. The van der Waals surface area contributed by atoms with E-state index in [0.29, 0.717) is 53.3 Å². The van der Waals surface area contributed by atoms with Gasteiger partial charge < -0.3 is 20.1 Å². The minimum atomic E-state index is -2.09. The van der Waals surface area contributed by atoms with Crippen molar-refractivity contribution in [3.63, 3.8) is 0 Å². The molecule has 5 aliphatic rings. The van der Waals surface area contributed by atoms with E-state index in [2.05, 4.69) is 25.2 Å². The molecule has 5 aliphatic heterocycles. The molecule has 2 N–H and O–H groups in total. The Kier molecular flexibility index (Phi) is 5.79. The number of nitrogens with one attached hydrogen (secondary N) is 1. The van der Waals surface area contributed by atoms with Crippen molar-refractivity contribution in [2.75, 3.05) is 37.6 Å². The summed E-state index contributed by atoms with van der Waals surface area (Å²) in [6.45, 7) is 2.85. The van der Waals surface area contributed by atoms with E-state index in [4.69, 9.17) is 12.5 Å².